The molecule has 0 N–H and O–H groups in total. The number of sulfonamides is 1. The summed E-state index contributed by atoms with van der Waals surface area (Å²) in [5.74, 6) is 0.221. The number of hydrogen-bond donors (Lipinski definition) is 0. The first-order valence-corrected chi connectivity index (χ1v) is 10.5. The summed E-state index contributed by atoms with van der Waals surface area (Å²) in [6.07, 6.45) is 4.41. The molecule has 2 unspecified atom stereocenters. The second kappa shape index (κ2) is 6.18. The molecule has 2 fully saturated rings. The average molecular weight is 357 g/mol. The molecule has 0 bridgehead atoms. The molecule has 1 aromatic heterocycles. The molecule has 1 saturated carbocycles. The van der Waals surface area contributed by atoms with E-state index in [-0.39, 0.29) is 17.4 Å². The van der Waals surface area contributed by atoms with Gasteiger partial charge in [-0.2, -0.15) is 4.31 Å². The van der Waals surface area contributed by atoms with E-state index in [0.717, 1.165) is 25.7 Å². The van der Waals surface area contributed by atoms with E-state index in [9.17, 15) is 13.2 Å². The van der Waals surface area contributed by atoms with Crippen LogP contribution in [0.25, 0.3) is 0 Å². The molecule has 7 heteroatoms. The van der Waals surface area contributed by atoms with E-state index in [0.29, 0.717) is 23.7 Å². The van der Waals surface area contributed by atoms with Crippen molar-refractivity contribution in [3.05, 3.63) is 17.5 Å². The number of amides is 1. The van der Waals surface area contributed by atoms with E-state index >= 15 is 0 Å². The number of rotatable bonds is 5. The highest BCUT2D eigenvalue weighted by atomic mass is 32.2. The first-order chi connectivity index (χ1) is 10.9. The highest BCUT2D eigenvalue weighted by Gasteiger charge is 2.51. The summed E-state index contributed by atoms with van der Waals surface area (Å²) in [4.78, 5) is 14.1. The van der Waals surface area contributed by atoms with Crippen LogP contribution in [0.2, 0.25) is 0 Å². The van der Waals surface area contributed by atoms with Crippen LogP contribution in [0.15, 0.2) is 21.7 Å². The maximum absolute atomic E-state index is 12.7. The van der Waals surface area contributed by atoms with Crippen molar-refractivity contribution in [2.24, 2.45) is 5.41 Å². The molecule has 2 aliphatic rings. The fraction of sp³-hybridized carbons (Fsp3) is 0.688. The maximum Gasteiger partial charge on any atom is 0.252 e. The molecule has 3 rings (SSSR count). The lowest BCUT2D eigenvalue weighted by molar-refractivity contribution is -0.141. The fourth-order valence-corrected chi connectivity index (χ4v) is 6.79. The standard InChI is InChI=1S/C16H24N2O3S2/c1-3-18-13-6-4-9-16(13,10-8-14(18)19)12-17(2)23(20,21)15-7-5-11-22-15/h5,7,11,13H,3-4,6,8-10,12H2,1-2H3. The predicted molar refractivity (Wildman–Crippen MR) is 90.8 cm³/mol. The summed E-state index contributed by atoms with van der Waals surface area (Å²) in [7, 11) is -1.76. The molecule has 2 heterocycles. The van der Waals surface area contributed by atoms with Crippen molar-refractivity contribution < 1.29 is 13.2 Å². The van der Waals surface area contributed by atoms with Gasteiger partial charge in [0.1, 0.15) is 4.21 Å². The smallest absolute Gasteiger partial charge is 0.252 e. The van der Waals surface area contributed by atoms with Crippen molar-refractivity contribution in [1.29, 1.82) is 0 Å². The molecule has 0 radical (unpaired) electrons. The molecular weight excluding hydrogens is 332 g/mol. The monoisotopic (exact) mass is 356 g/mol. The molecular formula is C16H24N2O3S2. The molecule has 1 aliphatic carbocycles. The minimum atomic E-state index is -3.43. The molecule has 23 heavy (non-hydrogen) atoms. The number of carbonyl (C=O) groups is 1. The SMILES string of the molecule is CCN1C(=O)CCC2(CN(C)S(=O)(=O)c3cccs3)CCCC12. The first kappa shape index (κ1) is 16.9. The predicted octanol–water partition coefficient (Wildman–Crippen LogP) is 2.55. The Bertz CT molecular complexity index is 672. The normalized spacial score (nSPS) is 28.4. The summed E-state index contributed by atoms with van der Waals surface area (Å²) < 4.78 is 27.3. The third-order valence-electron chi connectivity index (χ3n) is 5.43. The van der Waals surface area contributed by atoms with Gasteiger partial charge in [0.05, 0.1) is 0 Å². The zero-order chi connectivity index (χ0) is 16.7. The Labute approximate surface area is 142 Å². The minimum Gasteiger partial charge on any atom is -0.339 e. The van der Waals surface area contributed by atoms with Crippen molar-refractivity contribution in [2.75, 3.05) is 20.1 Å². The Hall–Kier alpha value is -0.920. The highest BCUT2D eigenvalue weighted by molar-refractivity contribution is 7.91. The second-order valence-electron chi connectivity index (χ2n) is 6.64. The maximum atomic E-state index is 12.7. The molecule has 5 nitrogen and oxygen atoms in total. The van der Waals surface area contributed by atoms with Gasteiger partial charge in [-0.15, -0.1) is 11.3 Å². The lowest BCUT2D eigenvalue weighted by Crippen LogP contribution is -2.56. The van der Waals surface area contributed by atoms with Gasteiger partial charge in [0.2, 0.25) is 5.91 Å². The van der Waals surface area contributed by atoms with Crippen molar-refractivity contribution in [3.63, 3.8) is 0 Å². The zero-order valence-electron chi connectivity index (χ0n) is 13.7. The van der Waals surface area contributed by atoms with Crippen molar-refractivity contribution in [2.45, 2.75) is 49.3 Å². The van der Waals surface area contributed by atoms with Gasteiger partial charge in [-0.3, -0.25) is 4.79 Å². The quantitative estimate of drug-likeness (QED) is 0.815. The van der Waals surface area contributed by atoms with Gasteiger partial charge < -0.3 is 4.90 Å². The van der Waals surface area contributed by atoms with Gasteiger partial charge in [-0.25, -0.2) is 8.42 Å². The molecule has 1 aliphatic heterocycles. The van der Waals surface area contributed by atoms with Crippen molar-refractivity contribution in [3.8, 4) is 0 Å². The Kier molecular flexibility index (Phi) is 4.55. The summed E-state index contributed by atoms with van der Waals surface area (Å²) in [5.41, 5.74) is -0.0804. The van der Waals surface area contributed by atoms with E-state index < -0.39 is 10.0 Å². The third-order valence-corrected chi connectivity index (χ3v) is 8.61. The molecule has 2 atom stereocenters. The molecule has 0 spiro atoms. The van der Waals surface area contributed by atoms with E-state index in [1.165, 1.54) is 15.6 Å². The Morgan fingerprint density at radius 3 is 2.87 bits per heavy atom. The number of fused-ring (bicyclic) bond motifs is 1. The van der Waals surface area contributed by atoms with Crippen molar-refractivity contribution >= 4 is 27.3 Å². The van der Waals surface area contributed by atoms with Gasteiger partial charge in [0, 0.05) is 38.0 Å². The van der Waals surface area contributed by atoms with Crippen LogP contribution in [-0.4, -0.2) is 49.7 Å². The third kappa shape index (κ3) is 2.83. The summed E-state index contributed by atoms with van der Waals surface area (Å²) >= 11 is 1.25. The van der Waals surface area contributed by atoms with Crippen LogP contribution in [0.3, 0.4) is 0 Å². The van der Waals surface area contributed by atoms with Crippen LogP contribution in [0.4, 0.5) is 0 Å². The number of hydrogen-bond acceptors (Lipinski definition) is 4. The molecule has 1 saturated heterocycles. The largest absolute Gasteiger partial charge is 0.339 e. The number of carbonyl (C=O) groups excluding carboxylic acids is 1. The molecule has 1 amide bonds. The van der Waals surface area contributed by atoms with Crippen LogP contribution in [0.1, 0.15) is 39.0 Å². The van der Waals surface area contributed by atoms with Crippen LogP contribution in [-0.2, 0) is 14.8 Å². The van der Waals surface area contributed by atoms with Crippen LogP contribution >= 0.6 is 11.3 Å². The number of likely N-dealkylation sites (tertiary alicyclic amines) is 1. The van der Waals surface area contributed by atoms with E-state index in [1.807, 2.05) is 11.8 Å². The lowest BCUT2D eigenvalue weighted by Gasteiger charge is -2.47. The molecule has 0 aromatic carbocycles. The van der Waals surface area contributed by atoms with E-state index in [4.69, 9.17) is 0 Å². The summed E-state index contributed by atoms with van der Waals surface area (Å²) in [6.45, 7) is 3.23. The Morgan fingerprint density at radius 2 is 2.22 bits per heavy atom. The lowest BCUT2D eigenvalue weighted by atomic mass is 9.74. The van der Waals surface area contributed by atoms with Gasteiger partial charge in [-0.1, -0.05) is 12.5 Å². The second-order valence-corrected chi connectivity index (χ2v) is 9.86. The topological polar surface area (TPSA) is 57.7 Å². The summed E-state index contributed by atoms with van der Waals surface area (Å²) in [6, 6.07) is 3.61. The fourth-order valence-electron chi connectivity index (χ4n) is 4.32. The van der Waals surface area contributed by atoms with Crippen LogP contribution in [0.5, 0.6) is 0 Å². The van der Waals surface area contributed by atoms with E-state index in [1.54, 1.807) is 24.6 Å². The summed E-state index contributed by atoms with van der Waals surface area (Å²) in [5, 5.41) is 1.79. The van der Waals surface area contributed by atoms with Crippen LogP contribution in [0, 0.1) is 5.41 Å². The van der Waals surface area contributed by atoms with Gasteiger partial charge >= 0.3 is 0 Å². The number of piperidine rings is 1. The molecule has 128 valence electrons. The number of nitrogens with zero attached hydrogens (tertiary/aromatic N) is 2. The van der Waals surface area contributed by atoms with E-state index in [2.05, 4.69) is 0 Å². The highest BCUT2D eigenvalue weighted by Crippen LogP contribution is 2.48. The van der Waals surface area contributed by atoms with Crippen molar-refractivity contribution in [1.82, 2.24) is 9.21 Å². The Morgan fingerprint density at radius 1 is 1.43 bits per heavy atom. The Balaban J connectivity index is 1.85. The van der Waals surface area contributed by atoms with Gasteiger partial charge in [0.15, 0.2) is 0 Å². The minimum absolute atomic E-state index is 0.0804. The van der Waals surface area contributed by atoms with Gasteiger partial charge in [0.25, 0.3) is 10.0 Å². The van der Waals surface area contributed by atoms with Crippen LogP contribution < -0.4 is 0 Å². The molecule has 1 aromatic rings. The van der Waals surface area contributed by atoms with Gasteiger partial charge in [-0.05, 0) is 37.6 Å². The number of thiophene rings is 1. The first-order valence-electron chi connectivity index (χ1n) is 8.20. The zero-order valence-corrected chi connectivity index (χ0v) is 15.3. The average Bonchev–Trinajstić information content (AvgIpc) is 3.17.